The monoisotopic (exact) mass is 278 g/mol. The van der Waals surface area contributed by atoms with E-state index in [1.165, 1.54) is 5.56 Å². The Kier molecular flexibility index (Phi) is 6.68. The van der Waals surface area contributed by atoms with E-state index in [9.17, 15) is 4.79 Å². The fourth-order valence-corrected chi connectivity index (χ4v) is 2.40. The Labute approximate surface area is 121 Å². The van der Waals surface area contributed by atoms with Gasteiger partial charge in [-0.15, -0.1) is 0 Å². The molecule has 0 saturated heterocycles. The van der Waals surface area contributed by atoms with E-state index < -0.39 is 5.91 Å². The van der Waals surface area contributed by atoms with Crippen LogP contribution in [0.1, 0.15) is 32.8 Å². The van der Waals surface area contributed by atoms with Gasteiger partial charge in [0.05, 0.1) is 6.61 Å². The molecule has 0 aliphatic carbocycles. The maximum atomic E-state index is 10.5. The lowest BCUT2D eigenvalue weighted by Crippen LogP contribution is -2.35. The van der Waals surface area contributed by atoms with Crippen LogP contribution >= 0.6 is 0 Å². The highest BCUT2D eigenvalue weighted by Crippen LogP contribution is 2.27. The van der Waals surface area contributed by atoms with E-state index in [1.54, 1.807) is 0 Å². The predicted octanol–water partition coefficient (Wildman–Crippen LogP) is 1.83. The summed E-state index contributed by atoms with van der Waals surface area (Å²) < 4.78 is 5.12. The lowest BCUT2D eigenvalue weighted by Gasteiger charge is -2.29. The van der Waals surface area contributed by atoms with E-state index in [1.807, 2.05) is 6.07 Å². The van der Waals surface area contributed by atoms with Gasteiger partial charge >= 0.3 is 0 Å². The molecule has 1 aromatic carbocycles. The molecular formula is C16H26N2O2. The van der Waals surface area contributed by atoms with Crippen LogP contribution in [0.4, 0.5) is 0 Å². The number of primary amides is 1. The van der Waals surface area contributed by atoms with Crippen LogP contribution in [0.5, 0.6) is 0 Å². The Balaban J connectivity index is 2.31. The van der Waals surface area contributed by atoms with Gasteiger partial charge in [-0.05, 0) is 24.3 Å². The third kappa shape index (κ3) is 6.17. The number of amides is 1. The molecule has 4 nitrogen and oxygen atoms in total. The largest absolute Gasteiger partial charge is 0.370 e. The summed E-state index contributed by atoms with van der Waals surface area (Å²) in [6, 6.07) is 10.9. The van der Waals surface area contributed by atoms with Crippen molar-refractivity contribution in [2.24, 2.45) is 5.73 Å². The predicted molar refractivity (Wildman–Crippen MR) is 81.6 cm³/mol. The summed E-state index contributed by atoms with van der Waals surface area (Å²) in [5.74, 6) is -0.428. The van der Waals surface area contributed by atoms with Crippen molar-refractivity contribution in [1.29, 1.82) is 0 Å². The van der Waals surface area contributed by atoms with Crippen LogP contribution in [0, 0.1) is 0 Å². The van der Waals surface area contributed by atoms with Gasteiger partial charge in [0.1, 0.15) is 6.61 Å². The quantitative estimate of drug-likeness (QED) is 0.677. The minimum atomic E-state index is -0.428. The summed E-state index contributed by atoms with van der Waals surface area (Å²) in [6.45, 7) is 7.89. The summed E-state index contributed by atoms with van der Waals surface area (Å²) in [5, 5.41) is 3.41. The molecule has 0 fully saturated rings. The second kappa shape index (κ2) is 8.02. The number of carbonyl (C=O) groups is 1. The molecule has 0 aromatic heterocycles. The van der Waals surface area contributed by atoms with E-state index >= 15 is 0 Å². The Hall–Kier alpha value is -1.39. The summed E-state index contributed by atoms with van der Waals surface area (Å²) >= 11 is 0. The first-order valence-electron chi connectivity index (χ1n) is 7.07. The first-order chi connectivity index (χ1) is 9.42. The molecule has 0 heterocycles. The van der Waals surface area contributed by atoms with Crippen molar-refractivity contribution in [3.63, 3.8) is 0 Å². The average Bonchev–Trinajstić information content (AvgIpc) is 2.38. The lowest BCUT2D eigenvalue weighted by atomic mass is 9.79. The van der Waals surface area contributed by atoms with Crippen LogP contribution in [0.25, 0.3) is 0 Å². The molecule has 0 spiro atoms. The molecule has 1 atom stereocenters. The highest BCUT2D eigenvalue weighted by atomic mass is 16.5. The summed E-state index contributed by atoms with van der Waals surface area (Å²) in [7, 11) is 0. The molecule has 1 rings (SSSR count). The van der Waals surface area contributed by atoms with E-state index in [2.05, 4.69) is 50.4 Å². The molecule has 0 bridgehead atoms. The van der Waals surface area contributed by atoms with Crippen LogP contribution in [-0.2, 0) is 14.9 Å². The highest BCUT2D eigenvalue weighted by Gasteiger charge is 2.22. The van der Waals surface area contributed by atoms with Gasteiger partial charge < -0.3 is 15.8 Å². The maximum Gasteiger partial charge on any atom is 0.243 e. The number of benzene rings is 1. The van der Waals surface area contributed by atoms with E-state index in [4.69, 9.17) is 10.5 Å². The van der Waals surface area contributed by atoms with Crippen LogP contribution in [0.15, 0.2) is 30.3 Å². The van der Waals surface area contributed by atoms with Gasteiger partial charge in [-0.25, -0.2) is 0 Å². The molecule has 0 aliphatic heterocycles. The number of nitrogens with two attached hydrogens (primary N) is 1. The normalized spacial score (nSPS) is 13.2. The van der Waals surface area contributed by atoms with Crippen molar-refractivity contribution in [2.45, 2.75) is 38.6 Å². The summed E-state index contributed by atoms with van der Waals surface area (Å²) in [6.07, 6.45) is 1.03. The van der Waals surface area contributed by atoms with E-state index in [0.29, 0.717) is 12.6 Å². The first-order valence-corrected chi connectivity index (χ1v) is 7.07. The topological polar surface area (TPSA) is 64.3 Å². The van der Waals surface area contributed by atoms with Crippen LogP contribution in [-0.4, -0.2) is 31.7 Å². The minimum absolute atomic E-state index is 0.00836. The van der Waals surface area contributed by atoms with Gasteiger partial charge in [-0.1, -0.05) is 44.2 Å². The van der Waals surface area contributed by atoms with Crippen molar-refractivity contribution in [2.75, 3.05) is 19.8 Å². The SMILES string of the molecule is CC(CC(C)(C)c1ccccc1)NCCOCC(N)=O. The molecule has 112 valence electrons. The van der Waals surface area contributed by atoms with Crippen LogP contribution in [0.3, 0.4) is 0 Å². The number of ether oxygens (including phenoxy) is 1. The van der Waals surface area contributed by atoms with E-state index in [0.717, 1.165) is 13.0 Å². The van der Waals surface area contributed by atoms with E-state index in [-0.39, 0.29) is 12.0 Å². The number of hydrogen-bond donors (Lipinski definition) is 2. The second-order valence-corrected chi connectivity index (χ2v) is 5.83. The molecule has 20 heavy (non-hydrogen) atoms. The summed E-state index contributed by atoms with van der Waals surface area (Å²) in [4.78, 5) is 10.5. The van der Waals surface area contributed by atoms with Crippen molar-refractivity contribution in [3.05, 3.63) is 35.9 Å². The van der Waals surface area contributed by atoms with Crippen molar-refractivity contribution >= 4 is 5.91 Å². The van der Waals surface area contributed by atoms with Gasteiger partial charge in [-0.2, -0.15) is 0 Å². The zero-order valence-electron chi connectivity index (χ0n) is 12.7. The molecule has 4 heteroatoms. The molecule has 0 radical (unpaired) electrons. The third-order valence-electron chi connectivity index (χ3n) is 3.36. The zero-order valence-corrected chi connectivity index (χ0v) is 12.7. The zero-order chi connectivity index (χ0) is 15.0. The highest BCUT2D eigenvalue weighted by molar-refractivity contribution is 5.74. The smallest absolute Gasteiger partial charge is 0.243 e. The first kappa shape index (κ1) is 16.7. The minimum Gasteiger partial charge on any atom is -0.370 e. The Morgan fingerprint density at radius 2 is 2.00 bits per heavy atom. The number of carbonyl (C=O) groups excluding carboxylic acids is 1. The number of rotatable bonds is 9. The van der Waals surface area contributed by atoms with Gasteiger partial charge in [-0.3, -0.25) is 4.79 Å². The second-order valence-electron chi connectivity index (χ2n) is 5.83. The fraction of sp³-hybridized carbons (Fsp3) is 0.562. The molecule has 1 aromatic rings. The van der Waals surface area contributed by atoms with Gasteiger partial charge in [0.15, 0.2) is 0 Å². The number of hydrogen-bond acceptors (Lipinski definition) is 3. The molecule has 3 N–H and O–H groups in total. The van der Waals surface area contributed by atoms with Gasteiger partial charge in [0, 0.05) is 12.6 Å². The molecular weight excluding hydrogens is 252 g/mol. The maximum absolute atomic E-state index is 10.5. The van der Waals surface area contributed by atoms with Crippen molar-refractivity contribution < 1.29 is 9.53 Å². The lowest BCUT2D eigenvalue weighted by molar-refractivity contribution is -0.122. The van der Waals surface area contributed by atoms with Crippen molar-refractivity contribution in [1.82, 2.24) is 5.32 Å². The Morgan fingerprint density at radius 1 is 1.35 bits per heavy atom. The van der Waals surface area contributed by atoms with Crippen LogP contribution < -0.4 is 11.1 Å². The van der Waals surface area contributed by atoms with Crippen LogP contribution in [0.2, 0.25) is 0 Å². The molecule has 1 unspecified atom stereocenters. The Morgan fingerprint density at radius 3 is 2.60 bits per heavy atom. The van der Waals surface area contributed by atoms with Gasteiger partial charge in [0.2, 0.25) is 5.91 Å². The third-order valence-corrected chi connectivity index (χ3v) is 3.36. The Bertz CT molecular complexity index is 404. The number of nitrogens with one attached hydrogen (secondary N) is 1. The van der Waals surface area contributed by atoms with Crippen molar-refractivity contribution in [3.8, 4) is 0 Å². The molecule has 1 amide bonds. The van der Waals surface area contributed by atoms with Gasteiger partial charge in [0.25, 0.3) is 0 Å². The molecule has 0 aliphatic rings. The fourth-order valence-electron chi connectivity index (χ4n) is 2.40. The molecule has 0 saturated carbocycles. The average molecular weight is 278 g/mol. The summed E-state index contributed by atoms with van der Waals surface area (Å²) in [5.41, 5.74) is 6.47. The standard InChI is InChI=1S/C16H26N2O2/c1-13(18-9-10-20-12-15(17)19)11-16(2,3)14-7-5-4-6-8-14/h4-8,13,18H,9-12H2,1-3H3,(H2,17,19).